The molecule has 1 aliphatic rings. The molecule has 0 aromatic carbocycles. The van der Waals surface area contributed by atoms with Gasteiger partial charge in [-0.25, -0.2) is 0 Å². The molecule has 0 amide bonds. The lowest BCUT2D eigenvalue weighted by atomic mass is 9.73. The summed E-state index contributed by atoms with van der Waals surface area (Å²) in [5.41, 5.74) is 0. The maximum Gasteiger partial charge on any atom is 0.309 e. The summed E-state index contributed by atoms with van der Waals surface area (Å²) >= 11 is 0. The first-order valence-corrected chi connectivity index (χ1v) is 5.74. The SMILES string of the molecule is CCOC(=O)C1CCC(=O)CC1C(C)C. The molecule has 0 radical (unpaired) electrons. The molecule has 0 aromatic rings. The van der Waals surface area contributed by atoms with Gasteiger partial charge in [0.15, 0.2) is 0 Å². The van der Waals surface area contributed by atoms with Gasteiger partial charge in [0.2, 0.25) is 0 Å². The van der Waals surface area contributed by atoms with Gasteiger partial charge in [0.05, 0.1) is 12.5 Å². The molecule has 1 aliphatic carbocycles. The summed E-state index contributed by atoms with van der Waals surface area (Å²) in [6, 6.07) is 0. The van der Waals surface area contributed by atoms with Crippen LogP contribution < -0.4 is 0 Å². The number of rotatable bonds is 3. The van der Waals surface area contributed by atoms with Gasteiger partial charge in [0, 0.05) is 12.8 Å². The molecule has 0 heterocycles. The Balaban J connectivity index is 2.68. The highest BCUT2D eigenvalue weighted by Gasteiger charge is 2.36. The van der Waals surface area contributed by atoms with Crippen LogP contribution in [0.25, 0.3) is 0 Å². The molecule has 0 aromatic heterocycles. The van der Waals surface area contributed by atoms with E-state index in [-0.39, 0.29) is 23.6 Å². The molecule has 1 fully saturated rings. The third-order valence-electron chi connectivity index (χ3n) is 3.16. The fourth-order valence-corrected chi connectivity index (χ4v) is 2.28. The molecule has 1 saturated carbocycles. The number of hydrogen-bond donors (Lipinski definition) is 0. The van der Waals surface area contributed by atoms with Crippen LogP contribution in [-0.4, -0.2) is 18.4 Å². The second kappa shape index (κ2) is 5.29. The average Bonchev–Trinajstić information content (AvgIpc) is 2.17. The van der Waals surface area contributed by atoms with Crippen LogP contribution in [0.2, 0.25) is 0 Å². The molecule has 0 bridgehead atoms. The Morgan fingerprint density at radius 2 is 2.20 bits per heavy atom. The molecule has 2 unspecified atom stereocenters. The van der Waals surface area contributed by atoms with Gasteiger partial charge in [0.25, 0.3) is 0 Å². The first-order valence-electron chi connectivity index (χ1n) is 5.74. The van der Waals surface area contributed by atoms with Gasteiger partial charge in [-0.05, 0) is 25.2 Å². The fraction of sp³-hybridized carbons (Fsp3) is 0.833. The van der Waals surface area contributed by atoms with Crippen molar-refractivity contribution in [2.24, 2.45) is 17.8 Å². The van der Waals surface area contributed by atoms with Crippen molar-refractivity contribution in [2.75, 3.05) is 6.61 Å². The molecule has 2 atom stereocenters. The van der Waals surface area contributed by atoms with Gasteiger partial charge < -0.3 is 4.74 Å². The highest BCUT2D eigenvalue weighted by atomic mass is 16.5. The van der Waals surface area contributed by atoms with Crippen molar-refractivity contribution in [3.63, 3.8) is 0 Å². The van der Waals surface area contributed by atoms with Crippen LogP contribution in [0.4, 0.5) is 0 Å². The zero-order valence-corrected chi connectivity index (χ0v) is 9.79. The van der Waals surface area contributed by atoms with Crippen LogP contribution in [0.3, 0.4) is 0 Å². The summed E-state index contributed by atoms with van der Waals surface area (Å²) in [5, 5.41) is 0. The molecular weight excluding hydrogens is 192 g/mol. The molecular formula is C12H20O3. The van der Waals surface area contributed by atoms with Crippen LogP contribution in [-0.2, 0) is 14.3 Å². The molecule has 0 spiro atoms. The van der Waals surface area contributed by atoms with E-state index in [4.69, 9.17) is 4.74 Å². The smallest absolute Gasteiger partial charge is 0.309 e. The second-order valence-corrected chi connectivity index (χ2v) is 4.55. The summed E-state index contributed by atoms with van der Waals surface area (Å²) in [7, 11) is 0. The van der Waals surface area contributed by atoms with E-state index in [1.807, 2.05) is 6.92 Å². The maximum atomic E-state index is 11.7. The Morgan fingerprint density at radius 3 is 2.73 bits per heavy atom. The van der Waals surface area contributed by atoms with Crippen molar-refractivity contribution >= 4 is 11.8 Å². The van der Waals surface area contributed by atoms with Crippen molar-refractivity contribution in [2.45, 2.75) is 40.0 Å². The van der Waals surface area contributed by atoms with Crippen LogP contribution in [0.5, 0.6) is 0 Å². The van der Waals surface area contributed by atoms with E-state index in [9.17, 15) is 9.59 Å². The molecule has 15 heavy (non-hydrogen) atoms. The Kier molecular flexibility index (Phi) is 4.30. The summed E-state index contributed by atoms with van der Waals surface area (Å²) in [4.78, 5) is 23.0. The number of Topliss-reactive ketones (excluding diaryl/α,β-unsaturated/α-hetero) is 1. The van der Waals surface area contributed by atoms with Crippen molar-refractivity contribution in [1.82, 2.24) is 0 Å². The minimum Gasteiger partial charge on any atom is -0.466 e. The molecule has 3 heteroatoms. The van der Waals surface area contributed by atoms with Crippen LogP contribution in [0.15, 0.2) is 0 Å². The van der Waals surface area contributed by atoms with Crippen molar-refractivity contribution in [3.8, 4) is 0 Å². The van der Waals surface area contributed by atoms with Gasteiger partial charge in [-0.2, -0.15) is 0 Å². The predicted octanol–water partition coefficient (Wildman–Crippen LogP) is 2.19. The third-order valence-corrected chi connectivity index (χ3v) is 3.16. The van der Waals surface area contributed by atoms with E-state index < -0.39 is 0 Å². The topological polar surface area (TPSA) is 43.4 Å². The van der Waals surface area contributed by atoms with Gasteiger partial charge in [-0.3, -0.25) is 9.59 Å². The number of hydrogen-bond acceptors (Lipinski definition) is 3. The first-order chi connectivity index (χ1) is 7.06. The number of ketones is 1. The molecule has 0 saturated heterocycles. The largest absolute Gasteiger partial charge is 0.466 e. The monoisotopic (exact) mass is 212 g/mol. The van der Waals surface area contributed by atoms with Crippen LogP contribution in [0, 0.1) is 17.8 Å². The van der Waals surface area contributed by atoms with Crippen molar-refractivity contribution in [3.05, 3.63) is 0 Å². The Morgan fingerprint density at radius 1 is 1.53 bits per heavy atom. The lowest BCUT2D eigenvalue weighted by molar-refractivity contribution is -0.153. The highest BCUT2D eigenvalue weighted by Crippen LogP contribution is 2.34. The average molecular weight is 212 g/mol. The van der Waals surface area contributed by atoms with E-state index in [0.29, 0.717) is 31.8 Å². The maximum absolute atomic E-state index is 11.7. The molecule has 0 N–H and O–H groups in total. The normalized spacial score (nSPS) is 26.8. The van der Waals surface area contributed by atoms with Gasteiger partial charge in [0.1, 0.15) is 5.78 Å². The minimum absolute atomic E-state index is 0.0670. The van der Waals surface area contributed by atoms with Crippen LogP contribution in [0.1, 0.15) is 40.0 Å². The molecule has 0 aliphatic heterocycles. The lowest BCUT2D eigenvalue weighted by Gasteiger charge is -2.31. The van der Waals surface area contributed by atoms with E-state index in [1.54, 1.807) is 0 Å². The van der Waals surface area contributed by atoms with E-state index in [0.717, 1.165) is 0 Å². The zero-order chi connectivity index (χ0) is 11.4. The third kappa shape index (κ3) is 3.05. The van der Waals surface area contributed by atoms with E-state index >= 15 is 0 Å². The Bertz CT molecular complexity index is 245. The number of carbonyl (C=O) groups is 2. The van der Waals surface area contributed by atoms with E-state index in [1.165, 1.54) is 0 Å². The number of esters is 1. The molecule has 1 rings (SSSR count). The lowest BCUT2D eigenvalue weighted by Crippen LogP contribution is -2.35. The quantitative estimate of drug-likeness (QED) is 0.673. The Labute approximate surface area is 91.2 Å². The predicted molar refractivity (Wildman–Crippen MR) is 57.3 cm³/mol. The number of carbonyl (C=O) groups excluding carboxylic acids is 2. The Hall–Kier alpha value is -0.860. The summed E-state index contributed by atoms with van der Waals surface area (Å²) < 4.78 is 5.05. The second-order valence-electron chi connectivity index (χ2n) is 4.55. The van der Waals surface area contributed by atoms with Crippen molar-refractivity contribution < 1.29 is 14.3 Å². The van der Waals surface area contributed by atoms with Crippen LogP contribution >= 0.6 is 0 Å². The number of ether oxygens (including phenoxy) is 1. The highest BCUT2D eigenvalue weighted by molar-refractivity contribution is 5.83. The van der Waals surface area contributed by atoms with E-state index in [2.05, 4.69) is 13.8 Å². The zero-order valence-electron chi connectivity index (χ0n) is 9.79. The van der Waals surface area contributed by atoms with Crippen molar-refractivity contribution in [1.29, 1.82) is 0 Å². The summed E-state index contributed by atoms with van der Waals surface area (Å²) in [6.45, 7) is 6.37. The fourth-order valence-electron chi connectivity index (χ4n) is 2.28. The van der Waals surface area contributed by atoms with Gasteiger partial charge in [-0.15, -0.1) is 0 Å². The molecule has 3 nitrogen and oxygen atoms in total. The first kappa shape index (κ1) is 12.2. The minimum atomic E-state index is -0.122. The van der Waals surface area contributed by atoms with Gasteiger partial charge >= 0.3 is 5.97 Å². The summed E-state index contributed by atoms with van der Waals surface area (Å²) in [5.74, 6) is 0.634. The molecule has 86 valence electrons. The standard InChI is InChI=1S/C12H20O3/c1-4-15-12(14)10-6-5-9(13)7-11(10)8(2)3/h8,10-11H,4-7H2,1-3H3. The summed E-state index contributed by atoms with van der Waals surface area (Å²) in [6.07, 6.45) is 1.74. The van der Waals surface area contributed by atoms with Gasteiger partial charge in [-0.1, -0.05) is 13.8 Å².